The molecule has 0 aliphatic carbocycles. The van der Waals surface area contributed by atoms with Crippen molar-refractivity contribution >= 4 is 29.3 Å². The second-order valence-electron chi connectivity index (χ2n) is 6.74. The highest BCUT2D eigenvalue weighted by Crippen LogP contribution is 2.33. The SMILES string of the molecule is CCOc1cccc(C=C(C(=O)Nc2ccccc2F)C(=O)Nc2ccccc2F)c1OC. The maximum absolute atomic E-state index is 14.1. The van der Waals surface area contributed by atoms with E-state index < -0.39 is 29.0 Å². The Balaban J connectivity index is 2.04. The Morgan fingerprint density at radius 3 is 1.88 bits per heavy atom. The lowest BCUT2D eigenvalue weighted by Gasteiger charge is -2.14. The molecule has 0 unspecified atom stereocenters. The Kier molecular flexibility index (Phi) is 7.75. The van der Waals surface area contributed by atoms with Gasteiger partial charge in [0, 0.05) is 5.56 Å². The molecular formula is C25H22F2N2O4. The minimum atomic E-state index is -0.891. The first kappa shape index (κ1) is 23.5. The van der Waals surface area contributed by atoms with Crippen molar-refractivity contribution in [3.05, 3.63) is 89.5 Å². The number of carbonyl (C=O) groups is 2. The van der Waals surface area contributed by atoms with Crippen molar-refractivity contribution in [1.82, 2.24) is 0 Å². The number of rotatable bonds is 8. The molecule has 0 aromatic heterocycles. The summed E-state index contributed by atoms with van der Waals surface area (Å²) in [5, 5.41) is 4.76. The largest absolute Gasteiger partial charge is 0.492 e. The van der Waals surface area contributed by atoms with Gasteiger partial charge in [-0.3, -0.25) is 9.59 Å². The van der Waals surface area contributed by atoms with Crippen molar-refractivity contribution in [3.8, 4) is 11.5 Å². The zero-order valence-electron chi connectivity index (χ0n) is 18.0. The molecule has 0 radical (unpaired) electrons. The Bertz CT molecular complexity index is 1130. The van der Waals surface area contributed by atoms with Crippen LogP contribution in [0.2, 0.25) is 0 Å². The highest BCUT2D eigenvalue weighted by atomic mass is 19.1. The normalized spacial score (nSPS) is 10.2. The molecule has 0 atom stereocenters. The minimum Gasteiger partial charge on any atom is -0.492 e. The van der Waals surface area contributed by atoms with Crippen LogP contribution in [-0.2, 0) is 9.59 Å². The van der Waals surface area contributed by atoms with Crippen molar-refractivity contribution in [2.24, 2.45) is 0 Å². The van der Waals surface area contributed by atoms with E-state index in [4.69, 9.17) is 9.47 Å². The number of carbonyl (C=O) groups excluding carboxylic acids is 2. The molecule has 33 heavy (non-hydrogen) atoms. The van der Waals surface area contributed by atoms with Crippen LogP contribution in [0.5, 0.6) is 11.5 Å². The minimum absolute atomic E-state index is 0.109. The molecule has 6 nitrogen and oxygen atoms in total. The summed E-state index contributed by atoms with van der Waals surface area (Å²) in [6, 6.07) is 16.0. The van der Waals surface area contributed by atoms with E-state index in [1.807, 2.05) is 0 Å². The lowest BCUT2D eigenvalue weighted by atomic mass is 10.1. The van der Waals surface area contributed by atoms with Crippen LogP contribution >= 0.6 is 0 Å². The topological polar surface area (TPSA) is 76.7 Å². The van der Waals surface area contributed by atoms with Crippen LogP contribution in [0.15, 0.2) is 72.3 Å². The van der Waals surface area contributed by atoms with Crippen molar-refractivity contribution in [2.45, 2.75) is 6.92 Å². The summed E-state index contributed by atoms with van der Waals surface area (Å²) in [7, 11) is 1.42. The van der Waals surface area contributed by atoms with Crippen LogP contribution in [0.4, 0.5) is 20.2 Å². The van der Waals surface area contributed by atoms with Gasteiger partial charge in [0.1, 0.15) is 17.2 Å². The molecule has 2 N–H and O–H groups in total. The van der Waals surface area contributed by atoms with Crippen LogP contribution in [-0.4, -0.2) is 25.5 Å². The number of hydrogen-bond acceptors (Lipinski definition) is 4. The zero-order chi connectivity index (χ0) is 23.8. The number of amides is 2. The summed E-state index contributed by atoms with van der Waals surface area (Å²) in [5.74, 6) is -2.41. The van der Waals surface area contributed by atoms with Gasteiger partial charge in [-0.15, -0.1) is 0 Å². The van der Waals surface area contributed by atoms with E-state index in [1.54, 1.807) is 25.1 Å². The molecule has 170 valence electrons. The fraction of sp³-hybridized carbons (Fsp3) is 0.120. The Hall–Kier alpha value is -4.20. The number of nitrogens with one attached hydrogen (secondary N) is 2. The standard InChI is InChI=1S/C25H22F2N2O4/c1-3-33-22-14-8-9-16(23(22)32-2)15-17(24(30)28-20-12-6-4-10-18(20)26)25(31)29-21-13-7-5-11-19(21)27/h4-15H,3H2,1-2H3,(H,28,30)(H,29,31). The molecule has 0 spiro atoms. The van der Waals surface area contributed by atoms with E-state index in [1.165, 1.54) is 61.7 Å². The molecule has 8 heteroatoms. The number of benzene rings is 3. The molecule has 0 saturated heterocycles. The van der Waals surface area contributed by atoms with Crippen molar-refractivity contribution < 1.29 is 27.8 Å². The van der Waals surface area contributed by atoms with Crippen LogP contribution in [0.3, 0.4) is 0 Å². The van der Waals surface area contributed by atoms with E-state index >= 15 is 0 Å². The summed E-state index contributed by atoms with van der Waals surface area (Å²) in [5.41, 5.74) is -0.247. The van der Waals surface area contributed by atoms with Crippen molar-refractivity contribution in [3.63, 3.8) is 0 Å². The average Bonchev–Trinajstić information content (AvgIpc) is 2.80. The van der Waals surface area contributed by atoms with Gasteiger partial charge >= 0.3 is 0 Å². The number of halogens is 2. The number of anilines is 2. The number of ether oxygens (including phenoxy) is 2. The predicted octanol–water partition coefficient (Wildman–Crippen LogP) is 5.03. The first-order chi connectivity index (χ1) is 15.9. The summed E-state index contributed by atoms with van der Waals surface area (Å²) in [6.45, 7) is 2.18. The van der Waals surface area contributed by atoms with E-state index in [2.05, 4.69) is 10.6 Å². The van der Waals surface area contributed by atoms with Crippen LogP contribution < -0.4 is 20.1 Å². The second kappa shape index (κ2) is 10.9. The van der Waals surface area contributed by atoms with Gasteiger partial charge < -0.3 is 20.1 Å². The molecule has 0 aliphatic rings. The summed E-state index contributed by atoms with van der Waals surface area (Å²) >= 11 is 0. The smallest absolute Gasteiger partial charge is 0.261 e. The highest BCUT2D eigenvalue weighted by molar-refractivity contribution is 6.29. The van der Waals surface area contributed by atoms with Gasteiger partial charge in [-0.05, 0) is 43.3 Å². The summed E-state index contributed by atoms with van der Waals surface area (Å²) in [6.07, 6.45) is 1.27. The van der Waals surface area contributed by atoms with Crippen molar-refractivity contribution in [1.29, 1.82) is 0 Å². The van der Waals surface area contributed by atoms with Gasteiger partial charge in [0.2, 0.25) is 0 Å². The van der Waals surface area contributed by atoms with Crippen molar-refractivity contribution in [2.75, 3.05) is 24.4 Å². The predicted molar refractivity (Wildman–Crippen MR) is 122 cm³/mol. The van der Waals surface area contributed by atoms with Gasteiger partial charge in [-0.25, -0.2) is 8.78 Å². The highest BCUT2D eigenvalue weighted by Gasteiger charge is 2.22. The second-order valence-corrected chi connectivity index (χ2v) is 6.74. The van der Waals surface area contributed by atoms with Gasteiger partial charge in [0.25, 0.3) is 11.8 Å². The molecule has 0 aliphatic heterocycles. The number of hydrogen-bond donors (Lipinski definition) is 2. The summed E-state index contributed by atoms with van der Waals surface area (Å²) < 4.78 is 39.1. The van der Waals surface area contributed by atoms with Gasteiger partial charge in [-0.1, -0.05) is 36.4 Å². The molecule has 3 aromatic rings. The van der Waals surface area contributed by atoms with Crippen LogP contribution in [0, 0.1) is 11.6 Å². The fourth-order valence-corrected chi connectivity index (χ4v) is 3.03. The molecule has 0 saturated carbocycles. The molecule has 3 rings (SSSR count). The number of para-hydroxylation sites is 3. The third kappa shape index (κ3) is 5.74. The average molecular weight is 452 g/mol. The van der Waals surface area contributed by atoms with Gasteiger partial charge in [0.15, 0.2) is 11.5 Å². The van der Waals surface area contributed by atoms with E-state index in [0.29, 0.717) is 23.7 Å². The number of methoxy groups -OCH3 is 1. The first-order valence-electron chi connectivity index (χ1n) is 10.1. The zero-order valence-corrected chi connectivity index (χ0v) is 18.0. The molecule has 0 bridgehead atoms. The molecule has 2 amide bonds. The summed E-state index contributed by atoms with van der Waals surface area (Å²) in [4.78, 5) is 26.0. The third-order valence-electron chi connectivity index (χ3n) is 4.55. The quantitative estimate of drug-likeness (QED) is 0.285. The molecule has 3 aromatic carbocycles. The lowest BCUT2D eigenvalue weighted by molar-refractivity contribution is -0.118. The Morgan fingerprint density at radius 2 is 1.39 bits per heavy atom. The lowest BCUT2D eigenvalue weighted by Crippen LogP contribution is -2.26. The fourth-order valence-electron chi connectivity index (χ4n) is 3.03. The molecule has 0 fully saturated rings. The van der Waals surface area contributed by atoms with E-state index in [0.717, 1.165) is 0 Å². The van der Waals surface area contributed by atoms with Crippen LogP contribution in [0.25, 0.3) is 6.08 Å². The molecular weight excluding hydrogens is 430 g/mol. The van der Waals surface area contributed by atoms with Gasteiger partial charge in [-0.2, -0.15) is 0 Å². The Morgan fingerprint density at radius 1 is 0.848 bits per heavy atom. The monoisotopic (exact) mass is 452 g/mol. The van der Waals surface area contributed by atoms with E-state index in [9.17, 15) is 18.4 Å². The van der Waals surface area contributed by atoms with Crippen LogP contribution in [0.1, 0.15) is 12.5 Å². The third-order valence-corrected chi connectivity index (χ3v) is 4.55. The first-order valence-corrected chi connectivity index (χ1v) is 10.1. The molecule has 0 heterocycles. The van der Waals surface area contributed by atoms with Gasteiger partial charge in [0.05, 0.1) is 25.1 Å². The Labute approximate surface area is 189 Å². The maximum Gasteiger partial charge on any atom is 0.261 e. The van der Waals surface area contributed by atoms with E-state index in [-0.39, 0.29) is 11.4 Å². The maximum atomic E-state index is 14.1.